The molecule has 1 amide bonds. The maximum Gasteiger partial charge on any atom is 0.291 e. The Morgan fingerprint density at radius 1 is 1.25 bits per heavy atom. The van der Waals surface area contributed by atoms with Gasteiger partial charge in [0, 0.05) is 18.8 Å². The van der Waals surface area contributed by atoms with Crippen LogP contribution >= 0.6 is 11.6 Å². The molecule has 0 atom stereocenters. The van der Waals surface area contributed by atoms with Gasteiger partial charge >= 0.3 is 0 Å². The Morgan fingerprint density at radius 2 is 2.05 bits per heavy atom. The Kier molecular flexibility index (Phi) is 3.65. The first kappa shape index (κ1) is 13.1. The molecule has 1 aliphatic rings. The standard InChI is InChI=1S/C15H15ClN2O2/c16-12-10-11(18-7-1-2-8-18)5-6-13(12)17-15(19)14-4-3-9-20-14/h3-6,9-10H,1-2,7-8H2,(H,17,19). The predicted octanol–water partition coefficient (Wildman–Crippen LogP) is 3.79. The smallest absolute Gasteiger partial charge is 0.291 e. The topological polar surface area (TPSA) is 45.5 Å². The summed E-state index contributed by atoms with van der Waals surface area (Å²) in [5.41, 5.74) is 1.69. The van der Waals surface area contributed by atoms with Crippen LogP contribution in [0, 0.1) is 0 Å². The van der Waals surface area contributed by atoms with Gasteiger partial charge in [0.05, 0.1) is 17.0 Å². The molecule has 0 unspecified atom stereocenters. The van der Waals surface area contributed by atoms with Gasteiger partial charge in [0.15, 0.2) is 5.76 Å². The van der Waals surface area contributed by atoms with Crippen LogP contribution in [0.3, 0.4) is 0 Å². The Morgan fingerprint density at radius 3 is 2.70 bits per heavy atom. The summed E-state index contributed by atoms with van der Waals surface area (Å²) in [6.07, 6.45) is 3.90. The van der Waals surface area contributed by atoms with Gasteiger partial charge in [0.2, 0.25) is 0 Å². The average molecular weight is 291 g/mol. The predicted molar refractivity (Wildman–Crippen MR) is 79.6 cm³/mol. The van der Waals surface area contributed by atoms with Crippen molar-refractivity contribution in [3.05, 3.63) is 47.4 Å². The molecule has 1 fully saturated rings. The lowest BCUT2D eigenvalue weighted by molar-refractivity contribution is 0.0996. The zero-order valence-corrected chi connectivity index (χ0v) is 11.7. The summed E-state index contributed by atoms with van der Waals surface area (Å²) in [5.74, 6) is -0.0319. The molecule has 1 N–H and O–H groups in total. The molecule has 2 aromatic rings. The van der Waals surface area contributed by atoms with Gasteiger partial charge in [-0.15, -0.1) is 0 Å². The van der Waals surface area contributed by atoms with Crippen molar-refractivity contribution >= 4 is 28.9 Å². The summed E-state index contributed by atoms with van der Waals surface area (Å²) in [6, 6.07) is 8.99. The number of halogens is 1. The van der Waals surface area contributed by atoms with Crippen molar-refractivity contribution in [1.82, 2.24) is 0 Å². The van der Waals surface area contributed by atoms with Crippen LogP contribution in [0.4, 0.5) is 11.4 Å². The summed E-state index contributed by atoms with van der Waals surface area (Å²) in [6.45, 7) is 2.13. The highest BCUT2D eigenvalue weighted by molar-refractivity contribution is 6.34. The number of carbonyl (C=O) groups is 1. The van der Waals surface area contributed by atoms with Crippen LogP contribution in [0.25, 0.3) is 0 Å². The first-order chi connectivity index (χ1) is 9.74. The van der Waals surface area contributed by atoms with E-state index >= 15 is 0 Å². The van der Waals surface area contributed by atoms with E-state index in [2.05, 4.69) is 10.2 Å². The van der Waals surface area contributed by atoms with Gasteiger partial charge in [-0.25, -0.2) is 0 Å². The van der Waals surface area contributed by atoms with Gasteiger partial charge in [0.25, 0.3) is 5.91 Å². The number of hydrogen-bond acceptors (Lipinski definition) is 3. The minimum Gasteiger partial charge on any atom is -0.459 e. The minimum atomic E-state index is -0.300. The van der Waals surface area contributed by atoms with Crippen molar-refractivity contribution in [3.63, 3.8) is 0 Å². The van der Waals surface area contributed by atoms with Crippen molar-refractivity contribution in [1.29, 1.82) is 0 Å². The van der Waals surface area contributed by atoms with Gasteiger partial charge in [0.1, 0.15) is 0 Å². The number of carbonyl (C=O) groups excluding carboxylic acids is 1. The highest BCUT2D eigenvalue weighted by atomic mass is 35.5. The second kappa shape index (κ2) is 5.59. The molecule has 0 spiro atoms. The second-order valence-electron chi connectivity index (χ2n) is 4.79. The maximum absolute atomic E-state index is 11.9. The quantitative estimate of drug-likeness (QED) is 0.935. The summed E-state index contributed by atoms with van der Waals surface area (Å²) in [7, 11) is 0. The van der Waals surface area contributed by atoms with E-state index in [1.54, 1.807) is 12.1 Å². The molecule has 0 saturated carbocycles. The van der Waals surface area contributed by atoms with Crippen LogP contribution in [0.2, 0.25) is 5.02 Å². The molecule has 1 aromatic carbocycles. The third kappa shape index (κ3) is 2.65. The van der Waals surface area contributed by atoms with Crippen LogP contribution in [-0.2, 0) is 0 Å². The molecule has 2 heterocycles. The van der Waals surface area contributed by atoms with E-state index in [9.17, 15) is 4.79 Å². The van der Waals surface area contributed by atoms with E-state index in [1.165, 1.54) is 19.1 Å². The number of benzene rings is 1. The van der Waals surface area contributed by atoms with Crippen LogP contribution < -0.4 is 10.2 Å². The molecule has 1 aromatic heterocycles. The lowest BCUT2D eigenvalue weighted by atomic mass is 10.2. The molecule has 5 heteroatoms. The van der Waals surface area contributed by atoms with Crippen LogP contribution in [0.5, 0.6) is 0 Å². The van der Waals surface area contributed by atoms with E-state index in [0.29, 0.717) is 10.7 Å². The molecule has 4 nitrogen and oxygen atoms in total. The van der Waals surface area contributed by atoms with Gasteiger partial charge < -0.3 is 14.6 Å². The SMILES string of the molecule is O=C(Nc1ccc(N2CCCC2)cc1Cl)c1ccco1. The fourth-order valence-electron chi connectivity index (χ4n) is 2.37. The number of anilines is 2. The van der Waals surface area contributed by atoms with Gasteiger partial charge in [-0.1, -0.05) is 11.6 Å². The van der Waals surface area contributed by atoms with Crippen LogP contribution in [0.15, 0.2) is 41.0 Å². The molecule has 20 heavy (non-hydrogen) atoms. The molecule has 0 aliphatic carbocycles. The fourth-order valence-corrected chi connectivity index (χ4v) is 2.59. The Hall–Kier alpha value is -1.94. The number of hydrogen-bond donors (Lipinski definition) is 1. The van der Waals surface area contributed by atoms with Gasteiger partial charge in [-0.05, 0) is 43.2 Å². The number of rotatable bonds is 3. The molecular weight excluding hydrogens is 276 g/mol. The van der Waals surface area contributed by atoms with E-state index in [0.717, 1.165) is 18.8 Å². The molecular formula is C15H15ClN2O2. The lowest BCUT2D eigenvalue weighted by Crippen LogP contribution is -2.17. The normalized spacial score (nSPS) is 14.6. The monoisotopic (exact) mass is 290 g/mol. The fraction of sp³-hybridized carbons (Fsp3) is 0.267. The molecule has 104 valence electrons. The first-order valence-corrected chi connectivity index (χ1v) is 7.01. The number of nitrogens with zero attached hydrogens (tertiary/aromatic N) is 1. The summed E-state index contributed by atoms with van der Waals surface area (Å²) < 4.78 is 5.05. The molecule has 3 rings (SSSR count). The summed E-state index contributed by atoms with van der Waals surface area (Å²) in [4.78, 5) is 14.2. The number of furan rings is 1. The van der Waals surface area contributed by atoms with Crippen molar-refractivity contribution in [3.8, 4) is 0 Å². The van der Waals surface area contributed by atoms with Gasteiger partial charge in [-0.3, -0.25) is 4.79 Å². The second-order valence-corrected chi connectivity index (χ2v) is 5.20. The van der Waals surface area contributed by atoms with Crippen molar-refractivity contribution in [2.45, 2.75) is 12.8 Å². The minimum absolute atomic E-state index is 0.268. The van der Waals surface area contributed by atoms with E-state index in [4.69, 9.17) is 16.0 Å². The third-order valence-corrected chi connectivity index (χ3v) is 3.73. The van der Waals surface area contributed by atoms with E-state index in [-0.39, 0.29) is 11.7 Å². The zero-order valence-electron chi connectivity index (χ0n) is 10.9. The Balaban J connectivity index is 1.75. The number of nitrogens with one attached hydrogen (secondary N) is 1. The Bertz CT molecular complexity index is 604. The third-order valence-electron chi connectivity index (χ3n) is 3.42. The number of amides is 1. The van der Waals surface area contributed by atoms with Crippen molar-refractivity contribution < 1.29 is 9.21 Å². The first-order valence-electron chi connectivity index (χ1n) is 6.63. The summed E-state index contributed by atoms with van der Waals surface area (Å²) >= 11 is 6.24. The zero-order chi connectivity index (χ0) is 13.9. The molecule has 0 bridgehead atoms. The highest BCUT2D eigenvalue weighted by Gasteiger charge is 2.15. The van der Waals surface area contributed by atoms with Crippen LogP contribution in [0.1, 0.15) is 23.4 Å². The van der Waals surface area contributed by atoms with Crippen molar-refractivity contribution in [2.75, 3.05) is 23.3 Å². The molecule has 1 aliphatic heterocycles. The van der Waals surface area contributed by atoms with Gasteiger partial charge in [-0.2, -0.15) is 0 Å². The highest BCUT2D eigenvalue weighted by Crippen LogP contribution is 2.29. The van der Waals surface area contributed by atoms with Crippen LogP contribution in [-0.4, -0.2) is 19.0 Å². The largest absolute Gasteiger partial charge is 0.459 e. The Labute approximate surface area is 122 Å². The lowest BCUT2D eigenvalue weighted by Gasteiger charge is -2.18. The van der Waals surface area contributed by atoms with Crippen molar-refractivity contribution in [2.24, 2.45) is 0 Å². The average Bonchev–Trinajstić information content (AvgIpc) is 3.14. The molecule has 1 saturated heterocycles. The molecule has 0 radical (unpaired) electrons. The summed E-state index contributed by atoms with van der Waals surface area (Å²) in [5, 5.41) is 3.28. The maximum atomic E-state index is 11.9. The van der Waals surface area contributed by atoms with E-state index < -0.39 is 0 Å². The van der Waals surface area contributed by atoms with E-state index in [1.807, 2.05) is 18.2 Å².